The molecule has 1 aliphatic rings. The van der Waals surface area contributed by atoms with E-state index in [0.29, 0.717) is 12.5 Å². The Morgan fingerprint density at radius 3 is 2.33 bits per heavy atom. The molecule has 0 aromatic heterocycles. The highest BCUT2D eigenvalue weighted by Gasteiger charge is 2.11. The van der Waals surface area contributed by atoms with Gasteiger partial charge in [-0.15, -0.1) is 24.0 Å². The first-order chi connectivity index (χ1) is 9.65. The van der Waals surface area contributed by atoms with Crippen molar-refractivity contribution in [2.75, 3.05) is 40.4 Å². The number of morpholine rings is 1. The molecule has 1 saturated heterocycles. The maximum atomic E-state index is 6.01. The first-order valence-electron chi connectivity index (χ1n) is 7.00. The predicted molar refractivity (Wildman–Crippen MR) is 97.0 cm³/mol. The summed E-state index contributed by atoms with van der Waals surface area (Å²) >= 11 is 0. The van der Waals surface area contributed by atoms with Gasteiger partial charge >= 0.3 is 0 Å². The molecule has 0 spiro atoms. The number of guanidine groups is 1. The Morgan fingerprint density at radius 2 is 1.76 bits per heavy atom. The van der Waals surface area contributed by atoms with E-state index in [1.165, 1.54) is 11.1 Å². The van der Waals surface area contributed by atoms with Gasteiger partial charge in [-0.05, 0) is 25.2 Å². The average Bonchev–Trinajstić information content (AvgIpc) is 2.46. The largest absolute Gasteiger partial charge is 0.378 e. The second-order valence-corrected chi connectivity index (χ2v) is 5.33. The van der Waals surface area contributed by atoms with Gasteiger partial charge in [-0.1, -0.05) is 24.3 Å². The number of ether oxygens (including phenoxy) is 1. The number of rotatable bonds is 4. The molecule has 2 rings (SSSR count). The average molecular weight is 404 g/mol. The second-order valence-electron chi connectivity index (χ2n) is 5.33. The summed E-state index contributed by atoms with van der Waals surface area (Å²) in [4.78, 5) is 8.69. The van der Waals surface area contributed by atoms with E-state index in [9.17, 15) is 0 Å². The van der Waals surface area contributed by atoms with Crippen LogP contribution in [0.5, 0.6) is 0 Å². The number of hydrogen-bond acceptors (Lipinski definition) is 3. The maximum absolute atomic E-state index is 6.01. The topological polar surface area (TPSA) is 54.1 Å². The molecule has 6 heteroatoms. The normalized spacial score (nSPS) is 16.0. The van der Waals surface area contributed by atoms with Crippen molar-refractivity contribution in [2.45, 2.75) is 13.1 Å². The molecule has 118 valence electrons. The fraction of sp³-hybridized carbons (Fsp3) is 0.533. The molecule has 1 aromatic rings. The Hall–Kier alpha value is -0.860. The standard InChI is InChI=1S/C15H24N4O.HI/c1-18(2)12-14-5-3-13(4-6-14)11-17-15(16)19-7-9-20-10-8-19;/h3-6H,7-12H2,1-2H3,(H2,16,17);1H. The van der Waals surface area contributed by atoms with Crippen LogP contribution in [0.1, 0.15) is 11.1 Å². The zero-order chi connectivity index (χ0) is 14.4. The van der Waals surface area contributed by atoms with E-state index >= 15 is 0 Å². The molecule has 0 bridgehead atoms. The van der Waals surface area contributed by atoms with Crippen LogP contribution in [0.2, 0.25) is 0 Å². The van der Waals surface area contributed by atoms with Crippen molar-refractivity contribution >= 4 is 29.9 Å². The minimum Gasteiger partial charge on any atom is -0.378 e. The minimum atomic E-state index is 0. The highest BCUT2D eigenvalue weighted by Crippen LogP contribution is 2.07. The summed E-state index contributed by atoms with van der Waals surface area (Å²) in [6, 6.07) is 8.54. The van der Waals surface area contributed by atoms with Gasteiger partial charge in [0.1, 0.15) is 0 Å². The Labute approximate surface area is 144 Å². The highest BCUT2D eigenvalue weighted by atomic mass is 127. The molecule has 0 atom stereocenters. The van der Waals surface area contributed by atoms with Gasteiger partial charge in [0.2, 0.25) is 0 Å². The molecule has 1 heterocycles. The third-order valence-corrected chi connectivity index (χ3v) is 3.28. The van der Waals surface area contributed by atoms with E-state index in [0.717, 1.165) is 32.8 Å². The fourth-order valence-corrected chi connectivity index (χ4v) is 2.18. The minimum absolute atomic E-state index is 0. The Kier molecular flexibility index (Phi) is 7.98. The van der Waals surface area contributed by atoms with Crippen LogP contribution >= 0.6 is 24.0 Å². The fourth-order valence-electron chi connectivity index (χ4n) is 2.18. The third kappa shape index (κ3) is 6.19. The van der Waals surface area contributed by atoms with Gasteiger partial charge in [-0.25, -0.2) is 4.99 Å². The molecule has 5 nitrogen and oxygen atoms in total. The van der Waals surface area contributed by atoms with Crippen LogP contribution in [-0.4, -0.2) is 56.2 Å². The van der Waals surface area contributed by atoms with E-state index < -0.39 is 0 Å². The van der Waals surface area contributed by atoms with Crippen molar-refractivity contribution in [3.05, 3.63) is 35.4 Å². The van der Waals surface area contributed by atoms with Crippen molar-refractivity contribution in [1.29, 1.82) is 0 Å². The van der Waals surface area contributed by atoms with E-state index in [1.54, 1.807) is 0 Å². The summed E-state index contributed by atoms with van der Waals surface area (Å²) in [6.07, 6.45) is 0. The van der Waals surface area contributed by atoms with Crippen molar-refractivity contribution < 1.29 is 4.74 Å². The van der Waals surface area contributed by atoms with Gasteiger partial charge in [-0.3, -0.25) is 0 Å². The van der Waals surface area contributed by atoms with Crippen molar-refractivity contribution in [3.63, 3.8) is 0 Å². The predicted octanol–water partition coefficient (Wildman–Crippen LogP) is 1.51. The lowest BCUT2D eigenvalue weighted by atomic mass is 10.1. The molecular weight excluding hydrogens is 379 g/mol. The SMILES string of the molecule is CN(C)Cc1ccc(CN=C(N)N2CCOCC2)cc1.I. The summed E-state index contributed by atoms with van der Waals surface area (Å²) in [6.45, 7) is 4.71. The van der Waals surface area contributed by atoms with Gasteiger partial charge in [0.05, 0.1) is 19.8 Å². The number of hydrogen-bond donors (Lipinski definition) is 1. The van der Waals surface area contributed by atoms with E-state index in [4.69, 9.17) is 10.5 Å². The van der Waals surface area contributed by atoms with Crippen LogP contribution in [0.15, 0.2) is 29.3 Å². The first kappa shape index (κ1) is 18.2. The molecule has 2 N–H and O–H groups in total. The summed E-state index contributed by atoms with van der Waals surface area (Å²) in [7, 11) is 4.14. The van der Waals surface area contributed by atoms with Gasteiger partial charge in [0.15, 0.2) is 5.96 Å². The quantitative estimate of drug-likeness (QED) is 0.470. The van der Waals surface area contributed by atoms with Crippen LogP contribution in [0.4, 0.5) is 0 Å². The number of halogens is 1. The molecule has 1 fully saturated rings. The van der Waals surface area contributed by atoms with Crippen LogP contribution in [-0.2, 0) is 17.8 Å². The number of nitrogens with zero attached hydrogens (tertiary/aromatic N) is 3. The van der Waals surface area contributed by atoms with Crippen LogP contribution in [0, 0.1) is 0 Å². The smallest absolute Gasteiger partial charge is 0.191 e. The van der Waals surface area contributed by atoms with E-state index in [2.05, 4.69) is 53.2 Å². The number of aliphatic imine (C=N–C) groups is 1. The highest BCUT2D eigenvalue weighted by molar-refractivity contribution is 14.0. The Balaban J connectivity index is 0.00000220. The lowest BCUT2D eigenvalue weighted by Crippen LogP contribution is -2.44. The lowest BCUT2D eigenvalue weighted by molar-refractivity contribution is 0.0674. The summed E-state index contributed by atoms with van der Waals surface area (Å²) in [5, 5.41) is 0. The molecule has 0 radical (unpaired) electrons. The molecule has 21 heavy (non-hydrogen) atoms. The number of nitrogens with two attached hydrogens (primary N) is 1. The summed E-state index contributed by atoms with van der Waals surface area (Å²) in [5.41, 5.74) is 8.50. The first-order valence-corrected chi connectivity index (χ1v) is 7.00. The van der Waals surface area contributed by atoms with Crippen molar-refractivity contribution in [3.8, 4) is 0 Å². The van der Waals surface area contributed by atoms with Crippen molar-refractivity contribution in [1.82, 2.24) is 9.80 Å². The van der Waals surface area contributed by atoms with Crippen molar-refractivity contribution in [2.24, 2.45) is 10.7 Å². The van der Waals surface area contributed by atoms with Gasteiger partial charge < -0.3 is 20.3 Å². The molecule has 0 aliphatic carbocycles. The monoisotopic (exact) mass is 404 g/mol. The number of benzene rings is 1. The molecule has 0 unspecified atom stereocenters. The van der Waals surface area contributed by atoms with Crippen LogP contribution in [0.3, 0.4) is 0 Å². The molecule has 1 aliphatic heterocycles. The third-order valence-electron chi connectivity index (χ3n) is 3.28. The van der Waals surface area contributed by atoms with E-state index in [-0.39, 0.29) is 24.0 Å². The maximum Gasteiger partial charge on any atom is 0.191 e. The second kappa shape index (κ2) is 9.22. The summed E-state index contributed by atoms with van der Waals surface area (Å²) in [5.74, 6) is 0.616. The van der Waals surface area contributed by atoms with Gasteiger partial charge in [0.25, 0.3) is 0 Å². The molecule has 0 amide bonds. The van der Waals surface area contributed by atoms with Crippen LogP contribution in [0.25, 0.3) is 0 Å². The van der Waals surface area contributed by atoms with Gasteiger partial charge in [-0.2, -0.15) is 0 Å². The Bertz CT molecular complexity index is 441. The zero-order valence-electron chi connectivity index (χ0n) is 12.8. The Morgan fingerprint density at radius 1 is 1.19 bits per heavy atom. The molecular formula is C15H25IN4O. The molecule has 1 aromatic carbocycles. The van der Waals surface area contributed by atoms with Crippen LogP contribution < -0.4 is 5.73 Å². The van der Waals surface area contributed by atoms with Gasteiger partial charge in [0, 0.05) is 19.6 Å². The zero-order valence-corrected chi connectivity index (χ0v) is 15.1. The summed E-state index contributed by atoms with van der Waals surface area (Å²) < 4.78 is 5.30. The lowest BCUT2D eigenvalue weighted by Gasteiger charge is -2.27. The van der Waals surface area contributed by atoms with E-state index in [1.807, 2.05) is 0 Å². The molecule has 0 saturated carbocycles.